The van der Waals surface area contributed by atoms with Crippen LogP contribution >= 0.6 is 0 Å². The number of anilines is 1. The summed E-state index contributed by atoms with van der Waals surface area (Å²) in [5.41, 5.74) is 3.19. The van der Waals surface area contributed by atoms with Crippen LogP contribution in [0.5, 0.6) is 5.75 Å². The first-order valence-corrected chi connectivity index (χ1v) is 17.4. The molecule has 7 heteroatoms. The number of benzene rings is 1. The molecule has 1 atom stereocenters. The van der Waals surface area contributed by atoms with Gasteiger partial charge in [-0.25, -0.2) is 0 Å². The van der Waals surface area contributed by atoms with Gasteiger partial charge in [-0.3, -0.25) is 9.79 Å². The molecule has 2 saturated carbocycles. The smallest absolute Gasteiger partial charge is 0.230 e. The zero-order chi connectivity index (χ0) is 25.2. The van der Waals surface area contributed by atoms with Crippen LogP contribution in [0.3, 0.4) is 0 Å². The second kappa shape index (κ2) is 11.0. The van der Waals surface area contributed by atoms with Crippen LogP contribution < -0.4 is 15.0 Å². The number of amides is 1. The number of nitrogens with zero attached hydrogens (tertiary/aromatic N) is 2. The van der Waals surface area contributed by atoms with E-state index in [-0.39, 0.29) is 30.0 Å². The Balaban J connectivity index is 1.63. The van der Waals surface area contributed by atoms with E-state index < -0.39 is 8.07 Å². The van der Waals surface area contributed by atoms with Crippen LogP contribution in [0.2, 0.25) is 25.7 Å². The Bertz CT molecular complexity index is 932. The standard InChI is InChI=1S/C28H45N3O3Si/c1-19(2)30-27(29-18-33-16-17-35(4,5)6)24-14-15-25-23(26(24)34-22-8-7-9-22)13-10-20(3)31(25)28(32)21-11-12-21/h14-15,19-22H,7-13,16-18H2,1-6H3,(H,29,30)/t20-/m0/s1. The molecule has 2 aliphatic carbocycles. The van der Waals surface area contributed by atoms with Crippen LogP contribution in [0, 0.1) is 5.92 Å². The van der Waals surface area contributed by atoms with Crippen molar-refractivity contribution < 1.29 is 14.3 Å². The van der Waals surface area contributed by atoms with E-state index in [9.17, 15) is 4.79 Å². The molecule has 0 spiro atoms. The maximum atomic E-state index is 13.2. The van der Waals surface area contributed by atoms with E-state index in [1.807, 2.05) is 0 Å². The van der Waals surface area contributed by atoms with Crippen molar-refractivity contribution in [3.8, 4) is 5.75 Å². The van der Waals surface area contributed by atoms with Gasteiger partial charge in [-0.1, -0.05) is 19.6 Å². The predicted octanol–water partition coefficient (Wildman–Crippen LogP) is 5.75. The Kier molecular flexibility index (Phi) is 8.26. The molecule has 1 heterocycles. The molecule has 3 aliphatic rings. The molecule has 0 bridgehead atoms. The van der Waals surface area contributed by atoms with Crippen molar-refractivity contribution in [1.82, 2.24) is 5.32 Å². The van der Waals surface area contributed by atoms with Gasteiger partial charge in [0.15, 0.2) is 0 Å². The maximum absolute atomic E-state index is 13.2. The molecule has 1 aromatic rings. The van der Waals surface area contributed by atoms with E-state index in [1.54, 1.807) is 0 Å². The number of aliphatic imine (C=N–C) groups is 1. The van der Waals surface area contributed by atoms with E-state index in [2.05, 4.69) is 62.8 Å². The normalized spacial score (nSPS) is 21.1. The number of hydrogen-bond acceptors (Lipinski definition) is 4. The predicted molar refractivity (Wildman–Crippen MR) is 146 cm³/mol. The molecule has 1 aliphatic heterocycles. The first-order chi connectivity index (χ1) is 16.6. The third-order valence-electron chi connectivity index (χ3n) is 7.23. The van der Waals surface area contributed by atoms with Gasteiger partial charge < -0.3 is 19.7 Å². The lowest BCUT2D eigenvalue weighted by Gasteiger charge is -2.38. The Morgan fingerprint density at radius 1 is 1.17 bits per heavy atom. The Hall–Kier alpha value is -1.86. The average Bonchev–Trinajstić information content (AvgIpc) is 3.59. The minimum Gasteiger partial charge on any atom is -0.489 e. The summed E-state index contributed by atoms with van der Waals surface area (Å²) in [6.07, 6.45) is 7.57. The fourth-order valence-electron chi connectivity index (χ4n) is 4.68. The first-order valence-electron chi connectivity index (χ1n) is 13.7. The van der Waals surface area contributed by atoms with E-state index in [0.717, 1.165) is 74.0 Å². The maximum Gasteiger partial charge on any atom is 0.230 e. The molecule has 35 heavy (non-hydrogen) atoms. The molecule has 2 fully saturated rings. The molecule has 0 unspecified atom stereocenters. The van der Waals surface area contributed by atoms with Crippen LogP contribution in [0.15, 0.2) is 17.1 Å². The van der Waals surface area contributed by atoms with Crippen molar-refractivity contribution in [2.45, 2.75) is 110 Å². The summed E-state index contributed by atoms with van der Waals surface area (Å²) in [4.78, 5) is 20.2. The lowest BCUT2D eigenvalue weighted by molar-refractivity contribution is -0.120. The summed E-state index contributed by atoms with van der Waals surface area (Å²) in [5, 5.41) is 3.46. The van der Waals surface area contributed by atoms with Crippen LogP contribution in [0.25, 0.3) is 0 Å². The van der Waals surface area contributed by atoms with Crippen LogP contribution in [0.4, 0.5) is 5.69 Å². The van der Waals surface area contributed by atoms with Gasteiger partial charge in [0.05, 0.1) is 17.4 Å². The molecule has 0 radical (unpaired) electrons. The number of rotatable bonds is 10. The van der Waals surface area contributed by atoms with Gasteiger partial charge in [0.2, 0.25) is 5.91 Å². The molecule has 1 amide bonds. The third kappa shape index (κ3) is 6.67. The molecule has 0 saturated heterocycles. The summed E-state index contributed by atoms with van der Waals surface area (Å²) in [5.74, 6) is 2.23. The summed E-state index contributed by atoms with van der Waals surface area (Å²) in [7, 11) is -1.13. The fourth-order valence-corrected chi connectivity index (χ4v) is 5.44. The number of carbonyl (C=O) groups is 1. The molecular weight excluding hydrogens is 454 g/mol. The zero-order valence-electron chi connectivity index (χ0n) is 22.7. The largest absolute Gasteiger partial charge is 0.489 e. The van der Waals surface area contributed by atoms with Crippen LogP contribution in [-0.2, 0) is 16.0 Å². The van der Waals surface area contributed by atoms with E-state index in [1.165, 1.54) is 12.0 Å². The number of hydrogen-bond donors (Lipinski definition) is 1. The quantitative estimate of drug-likeness (QED) is 0.146. The molecule has 1 N–H and O–H groups in total. The van der Waals surface area contributed by atoms with Gasteiger partial charge in [-0.2, -0.15) is 0 Å². The van der Waals surface area contributed by atoms with Crippen LogP contribution in [0.1, 0.15) is 70.4 Å². The SMILES string of the molecule is CC(C)/N=C(\NCOCC[Si](C)(C)C)c1ccc2c(c1OC1CCC1)CC[C@H](C)N2C(=O)C1CC1. The molecule has 4 rings (SSSR count). The highest BCUT2D eigenvalue weighted by Crippen LogP contribution is 2.43. The van der Waals surface area contributed by atoms with Gasteiger partial charge in [-0.15, -0.1) is 0 Å². The summed E-state index contributed by atoms with van der Waals surface area (Å²) < 4.78 is 12.6. The second-order valence-electron chi connectivity index (χ2n) is 12.1. The summed E-state index contributed by atoms with van der Waals surface area (Å²) >= 11 is 0. The number of amidine groups is 1. The summed E-state index contributed by atoms with van der Waals surface area (Å²) in [6.45, 7) is 14.7. The number of fused-ring (bicyclic) bond motifs is 1. The monoisotopic (exact) mass is 499 g/mol. The summed E-state index contributed by atoms with van der Waals surface area (Å²) in [6, 6.07) is 5.73. The highest BCUT2D eigenvalue weighted by atomic mass is 28.3. The van der Waals surface area contributed by atoms with Crippen molar-refractivity contribution in [2.24, 2.45) is 10.9 Å². The van der Waals surface area contributed by atoms with Crippen molar-refractivity contribution in [2.75, 3.05) is 18.2 Å². The van der Waals surface area contributed by atoms with Crippen molar-refractivity contribution in [3.63, 3.8) is 0 Å². The van der Waals surface area contributed by atoms with Gasteiger partial charge in [0.25, 0.3) is 0 Å². The van der Waals surface area contributed by atoms with Gasteiger partial charge >= 0.3 is 0 Å². The second-order valence-corrected chi connectivity index (χ2v) is 17.7. The number of ether oxygens (including phenoxy) is 2. The lowest BCUT2D eigenvalue weighted by Crippen LogP contribution is -2.43. The molecule has 1 aromatic carbocycles. The van der Waals surface area contributed by atoms with Crippen molar-refractivity contribution in [3.05, 3.63) is 23.3 Å². The van der Waals surface area contributed by atoms with E-state index in [4.69, 9.17) is 14.5 Å². The number of carbonyl (C=O) groups excluding carboxylic acids is 1. The van der Waals surface area contributed by atoms with Crippen molar-refractivity contribution >= 4 is 25.5 Å². The Morgan fingerprint density at radius 2 is 1.91 bits per heavy atom. The average molecular weight is 500 g/mol. The van der Waals surface area contributed by atoms with Gasteiger partial charge in [-0.05, 0) is 83.9 Å². The fraction of sp³-hybridized carbons (Fsp3) is 0.714. The molecule has 194 valence electrons. The molecular formula is C28H45N3O3Si. The molecule has 6 nitrogen and oxygen atoms in total. The highest BCUT2D eigenvalue weighted by molar-refractivity contribution is 6.76. The number of nitrogens with one attached hydrogen (secondary N) is 1. The van der Waals surface area contributed by atoms with E-state index >= 15 is 0 Å². The first kappa shape index (κ1) is 26.2. The third-order valence-corrected chi connectivity index (χ3v) is 8.93. The van der Waals surface area contributed by atoms with Crippen LogP contribution in [-0.4, -0.2) is 51.3 Å². The zero-order valence-corrected chi connectivity index (χ0v) is 23.7. The van der Waals surface area contributed by atoms with Crippen molar-refractivity contribution in [1.29, 1.82) is 0 Å². The minimum absolute atomic E-state index is 0.139. The van der Waals surface area contributed by atoms with E-state index in [0.29, 0.717) is 6.73 Å². The Labute approximate surface area is 212 Å². The van der Waals surface area contributed by atoms with Gasteiger partial charge in [0, 0.05) is 38.2 Å². The van der Waals surface area contributed by atoms with Gasteiger partial charge in [0.1, 0.15) is 18.3 Å². The lowest BCUT2D eigenvalue weighted by atomic mass is 9.91. The highest BCUT2D eigenvalue weighted by Gasteiger charge is 2.39. The topological polar surface area (TPSA) is 63.2 Å². The minimum atomic E-state index is -1.13. The molecule has 0 aromatic heterocycles. The Morgan fingerprint density at radius 3 is 2.51 bits per heavy atom.